The SMILES string of the molecule is CCN(C)C(=O)c1cccc(CN2CC3(CC3)c3cc(Br)ccc3C2=O)n1. The highest BCUT2D eigenvalue weighted by atomic mass is 79.9. The van der Waals surface area contributed by atoms with Crippen molar-refractivity contribution in [2.45, 2.75) is 31.7 Å². The molecule has 2 amide bonds. The van der Waals surface area contributed by atoms with Gasteiger partial charge in [-0.2, -0.15) is 0 Å². The molecule has 0 bridgehead atoms. The minimum Gasteiger partial charge on any atom is -0.341 e. The molecule has 5 nitrogen and oxygen atoms in total. The first-order valence-corrected chi connectivity index (χ1v) is 10.0. The third kappa shape index (κ3) is 3.27. The molecule has 0 unspecified atom stereocenters. The zero-order chi connectivity index (χ0) is 19.2. The van der Waals surface area contributed by atoms with Gasteiger partial charge < -0.3 is 9.80 Å². The van der Waals surface area contributed by atoms with E-state index >= 15 is 0 Å². The highest BCUT2D eigenvalue weighted by Crippen LogP contribution is 2.52. The maximum Gasteiger partial charge on any atom is 0.272 e. The van der Waals surface area contributed by atoms with Gasteiger partial charge >= 0.3 is 0 Å². The highest BCUT2D eigenvalue weighted by molar-refractivity contribution is 9.10. The number of fused-ring (bicyclic) bond motifs is 2. The zero-order valence-corrected chi connectivity index (χ0v) is 17.1. The summed E-state index contributed by atoms with van der Waals surface area (Å²) in [6, 6.07) is 11.4. The van der Waals surface area contributed by atoms with Gasteiger partial charge in [0.25, 0.3) is 11.8 Å². The van der Waals surface area contributed by atoms with Gasteiger partial charge in [0, 0.05) is 35.6 Å². The first kappa shape index (κ1) is 18.2. The molecule has 1 fully saturated rings. The van der Waals surface area contributed by atoms with E-state index in [2.05, 4.69) is 27.0 Å². The molecule has 2 aromatic rings. The number of nitrogens with zero attached hydrogens (tertiary/aromatic N) is 3. The Hall–Kier alpha value is -2.21. The van der Waals surface area contributed by atoms with Crippen molar-refractivity contribution < 1.29 is 9.59 Å². The van der Waals surface area contributed by atoms with E-state index in [1.54, 1.807) is 18.0 Å². The Morgan fingerprint density at radius 2 is 2.07 bits per heavy atom. The summed E-state index contributed by atoms with van der Waals surface area (Å²) in [5.41, 5.74) is 3.21. The van der Waals surface area contributed by atoms with Crippen LogP contribution in [0.2, 0.25) is 0 Å². The minimum atomic E-state index is -0.0989. The molecule has 0 atom stereocenters. The summed E-state index contributed by atoms with van der Waals surface area (Å²) in [6.07, 6.45) is 2.21. The molecule has 2 heterocycles. The average molecular weight is 428 g/mol. The molecule has 1 aromatic heterocycles. The molecule has 0 radical (unpaired) electrons. The van der Waals surface area contributed by atoms with Gasteiger partial charge in [0.1, 0.15) is 5.69 Å². The molecule has 4 rings (SSSR count). The van der Waals surface area contributed by atoms with E-state index in [1.807, 2.05) is 36.1 Å². The number of hydrogen-bond donors (Lipinski definition) is 0. The fourth-order valence-electron chi connectivity index (χ4n) is 3.76. The molecule has 0 saturated heterocycles. The number of amides is 2. The predicted octanol–water partition coefficient (Wildman–Crippen LogP) is 3.62. The van der Waals surface area contributed by atoms with Crippen molar-refractivity contribution in [2.75, 3.05) is 20.1 Å². The lowest BCUT2D eigenvalue weighted by Crippen LogP contribution is -2.43. The Morgan fingerprint density at radius 3 is 2.78 bits per heavy atom. The molecule has 140 valence electrons. The van der Waals surface area contributed by atoms with E-state index < -0.39 is 0 Å². The topological polar surface area (TPSA) is 53.5 Å². The monoisotopic (exact) mass is 427 g/mol. The molecule has 6 heteroatoms. The minimum absolute atomic E-state index is 0.0410. The van der Waals surface area contributed by atoms with E-state index in [0.29, 0.717) is 25.3 Å². The van der Waals surface area contributed by atoms with E-state index in [-0.39, 0.29) is 17.2 Å². The van der Waals surface area contributed by atoms with Crippen LogP contribution in [0.15, 0.2) is 40.9 Å². The van der Waals surface area contributed by atoms with E-state index in [4.69, 9.17) is 0 Å². The van der Waals surface area contributed by atoms with Gasteiger partial charge in [-0.05, 0) is 55.7 Å². The average Bonchev–Trinajstić information content (AvgIpc) is 3.45. The van der Waals surface area contributed by atoms with E-state index in [1.165, 1.54) is 5.56 Å². The zero-order valence-electron chi connectivity index (χ0n) is 15.5. The van der Waals surface area contributed by atoms with Crippen LogP contribution in [-0.4, -0.2) is 46.7 Å². The normalized spacial score (nSPS) is 17.0. The molecular weight excluding hydrogens is 406 g/mol. The third-order valence-corrected chi connectivity index (χ3v) is 6.11. The Morgan fingerprint density at radius 1 is 1.30 bits per heavy atom. The van der Waals surface area contributed by atoms with Gasteiger partial charge in [0.05, 0.1) is 12.2 Å². The van der Waals surface area contributed by atoms with E-state index in [9.17, 15) is 9.59 Å². The summed E-state index contributed by atoms with van der Waals surface area (Å²) >= 11 is 3.53. The molecule has 1 spiro atoms. The summed E-state index contributed by atoms with van der Waals surface area (Å²) in [6.45, 7) is 3.69. The number of carbonyl (C=O) groups excluding carboxylic acids is 2. The van der Waals surface area contributed by atoms with Crippen molar-refractivity contribution in [1.29, 1.82) is 0 Å². The molecule has 1 saturated carbocycles. The lowest BCUT2D eigenvalue weighted by atomic mass is 9.86. The predicted molar refractivity (Wildman–Crippen MR) is 107 cm³/mol. The van der Waals surface area contributed by atoms with Crippen LogP contribution in [0.5, 0.6) is 0 Å². The fourth-order valence-corrected chi connectivity index (χ4v) is 4.12. The van der Waals surface area contributed by atoms with Crippen molar-refractivity contribution in [1.82, 2.24) is 14.8 Å². The summed E-state index contributed by atoms with van der Waals surface area (Å²) in [5, 5.41) is 0. The maximum atomic E-state index is 13.0. The largest absolute Gasteiger partial charge is 0.341 e. The second-order valence-electron chi connectivity index (χ2n) is 7.46. The number of rotatable bonds is 4. The van der Waals surface area contributed by atoms with Crippen molar-refractivity contribution >= 4 is 27.7 Å². The summed E-state index contributed by atoms with van der Waals surface area (Å²) in [7, 11) is 1.76. The smallest absolute Gasteiger partial charge is 0.272 e. The van der Waals surface area contributed by atoms with Crippen LogP contribution in [0.3, 0.4) is 0 Å². The number of pyridine rings is 1. The summed E-state index contributed by atoms with van der Waals surface area (Å²) in [5.74, 6) is -0.0580. The number of hydrogen-bond acceptors (Lipinski definition) is 3. The van der Waals surface area contributed by atoms with Crippen LogP contribution in [0.4, 0.5) is 0 Å². The summed E-state index contributed by atoms with van der Waals surface area (Å²) in [4.78, 5) is 33.4. The molecule has 1 aliphatic heterocycles. The third-order valence-electron chi connectivity index (χ3n) is 5.62. The lowest BCUT2D eigenvalue weighted by molar-refractivity contribution is 0.0696. The van der Waals surface area contributed by atoms with Crippen LogP contribution in [0.25, 0.3) is 0 Å². The van der Waals surface area contributed by atoms with Crippen molar-refractivity contribution in [3.63, 3.8) is 0 Å². The number of carbonyl (C=O) groups is 2. The van der Waals surface area contributed by atoms with Crippen LogP contribution >= 0.6 is 15.9 Å². The van der Waals surface area contributed by atoms with Crippen molar-refractivity contribution in [3.05, 3.63) is 63.4 Å². The first-order chi connectivity index (χ1) is 12.9. The molecule has 1 aromatic carbocycles. The van der Waals surface area contributed by atoms with Gasteiger partial charge in [-0.3, -0.25) is 9.59 Å². The van der Waals surface area contributed by atoms with Gasteiger partial charge in [-0.25, -0.2) is 4.98 Å². The van der Waals surface area contributed by atoms with Crippen LogP contribution in [-0.2, 0) is 12.0 Å². The Labute approximate surface area is 167 Å². The molecular formula is C21H22BrN3O2. The number of benzene rings is 1. The van der Waals surface area contributed by atoms with Crippen LogP contribution in [0, 0.1) is 0 Å². The Bertz CT molecular complexity index is 923. The van der Waals surface area contributed by atoms with Gasteiger partial charge in [0.15, 0.2) is 0 Å². The maximum absolute atomic E-state index is 13.0. The van der Waals surface area contributed by atoms with Crippen LogP contribution < -0.4 is 0 Å². The van der Waals surface area contributed by atoms with Crippen molar-refractivity contribution in [3.8, 4) is 0 Å². The fraction of sp³-hybridized carbons (Fsp3) is 0.381. The Kier molecular flexibility index (Phi) is 4.54. The second kappa shape index (κ2) is 6.75. The molecule has 0 N–H and O–H groups in total. The molecule has 1 aliphatic carbocycles. The highest BCUT2D eigenvalue weighted by Gasteiger charge is 2.51. The number of aromatic nitrogens is 1. The molecule has 2 aliphatic rings. The standard InChI is InChI=1S/C21H22BrN3O2/c1-3-24(2)20(27)18-6-4-5-15(23-18)12-25-13-21(9-10-21)17-11-14(22)7-8-16(17)19(25)26/h4-8,11H,3,9-10,12-13H2,1-2H3. The van der Waals surface area contributed by atoms with Crippen molar-refractivity contribution in [2.24, 2.45) is 0 Å². The van der Waals surface area contributed by atoms with Gasteiger partial charge in [0.2, 0.25) is 0 Å². The molecule has 27 heavy (non-hydrogen) atoms. The number of halogens is 1. The Balaban J connectivity index is 1.60. The van der Waals surface area contributed by atoms with Gasteiger partial charge in [-0.15, -0.1) is 0 Å². The quantitative estimate of drug-likeness (QED) is 0.748. The lowest BCUT2D eigenvalue weighted by Gasteiger charge is -2.34. The first-order valence-electron chi connectivity index (χ1n) is 9.24. The van der Waals surface area contributed by atoms with Crippen LogP contribution in [0.1, 0.15) is 51.9 Å². The summed E-state index contributed by atoms with van der Waals surface area (Å²) < 4.78 is 1.02. The van der Waals surface area contributed by atoms with Gasteiger partial charge in [-0.1, -0.05) is 22.0 Å². The second-order valence-corrected chi connectivity index (χ2v) is 8.38. The van der Waals surface area contributed by atoms with E-state index in [0.717, 1.165) is 28.6 Å².